The maximum Gasteiger partial charge on any atom is 0.334 e. The molecule has 7 heteroatoms. The van der Waals surface area contributed by atoms with Crippen LogP contribution in [0, 0.1) is 10.1 Å². The SMILES string of the molecule is CCc1nn(C)c(N(C)C(C)(C)CO)c1[N+](=O)[O-]. The first-order valence-electron chi connectivity index (χ1n) is 5.81. The van der Waals surface area contributed by atoms with Gasteiger partial charge in [0.05, 0.1) is 17.1 Å². The maximum atomic E-state index is 11.2. The summed E-state index contributed by atoms with van der Waals surface area (Å²) in [6, 6.07) is 0. The van der Waals surface area contributed by atoms with Crippen LogP contribution in [-0.2, 0) is 13.5 Å². The fraction of sp³-hybridized carbons (Fsp3) is 0.727. The van der Waals surface area contributed by atoms with Crippen LogP contribution in [0.2, 0.25) is 0 Å². The van der Waals surface area contributed by atoms with Crippen molar-refractivity contribution >= 4 is 11.5 Å². The molecule has 0 saturated heterocycles. The van der Waals surface area contributed by atoms with Gasteiger partial charge in [-0.25, -0.2) is 4.68 Å². The second kappa shape index (κ2) is 4.93. The van der Waals surface area contributed by atoms with Crippen LogP contribution in [0.5, 0.6) is 0 Å². The van der Waals surface area contributed by atoms with E-state index in [2.05, 4.69) is 5.10 Å². The second-order valence-corrected chi connectivity index (χ2v) is 4.88. The topological polar surface area (TPSA) is 84.4 Å². The number of aliphatic hydroxyl groups is 1. The third kappa shape index (κ3) is 2.31. The van der Waals surface area contributed by atoms with Crippen LogP contribution in [0.15, 0.2) is 0 Å². The average Bonchev–Trinajstić information content (AvgIpc) is 2.64. The van der Waals surface area contributed by atoms with Crippen LogP contribution in [0.1, 0.15) is 26.5 Å². The standard InChI is InChI=1S/C11H20N4O3/c1-6-8-9(15(17)18)10(14(5)12-8)13(4)11(2,3)7-16/h16H,6-7H2,1-5H3. The van der Waals surface area contributed by atoms with E-state index in [1.165, 1.54) is 4.68 Å². The summed E-state index contributed by atoms with van der Waals surface area (Å²) in [5.41, 5.74) is -0.120. The Bertz CT molecular complexity index is 453. The molecular formula is C11H20N4O3. The highest BCUT2D eigenvalue weighted by atomic mass is 16.6. The zero-order chi connectivity index (χ0) is 14.1. The summed E-state index contributed by atoms with van der Waals surface area (Å²) in [7, 11) is 3.39. The minimum Gasteiger partial charge on any atom is -0.394 e. The van der Waals surface area contributed by atoms with Gasteiger partial charge in [-0.05, 0) is 20.3 Å². The van der Waals surface area contributed by atoms with E-state index in [1.807, 2.05) is 20.8 Å². The van der Waals surface area contributed by atoms with E-state index < -0.39 is 10.5 Å². The van der Waals surface area contributed by atoms with Gasteiger partial charge < -0.3 is 10.0 Å². The lowest BCUT2D eigenvalue weighted by molar-refractivity contribution is -0.384. The molecule has 1 aromatic rings. The highest BCUT2D eigenvalue weighted by Gasteiger charge is 2.34. The van der Waals surface area contributed by atoms with E-state index >= 15 is 0 Å². The van der Waals surface area contributed by atoms with Crippen molar-refractivity contribution in [3.05, 3.63) is 15.8 Å². The molecule has 0 unspecified atom stereocenters. The fourth-order valence-electron chi connectivity index (χ4n) is 1.75. The number of aryl methyl sites for hydroxylation is 2. The molecule has 1 rings (SSSR count). The summed E-state index contributed by atoms with van der Waals surface area (Å²) in [6.07, 6.45) is 0.498. The van der Waals surface area contributed by atoms with Gasteiger partial charge in [-0.15, -0.1) is 0 Å². The number of hydrogen-bond donors (Lipinski definition) is 1. The number of aliphatic hydroxyl groups excluding tert-OH is 1. The van der Waals surface area contributed by atoms with Gasteiger partial charge in [0.25, 0.3) is 0 Å². The predicted octanol–water partition coefficient (Wildman–Crippen LogP) is 1.10. The summed E-state index contributed by atoms with van der Waals surface area (Å²) in [5, 5.41) is 24.7. The molecule has 102 valence electrons. The number of hydrogen-bond acceptors (Lipinski definition) is 5. The smallest absolute Gasteiger partial charge is 0.334 e. The van der Waals surface area contributed by atoms with Crippen LogP contribution < -0.4 is 4.90 Å². The molecule has 0 aromatic carbocycles. The predicted molar refractivity (Wildman–Crippen MR) is 68.8 cm³/mol. The Hall–Kier alpha value is -1.63. The molecule has 0 spiro atoms. The normalized spacial score (nSPS) is 11.7. The molecule has 0 aliphatic carbocycles. The third-order valence-corrected chi connectivity index (χ3v) is 3.19. The van der Waals surface area contributed by atoms with Crippen LogP contribution in [0.4, 0.5) is 11.5 Å². The number of nitro groups is 1. The quantitative estimate of drug-likeness (QED) is 0.630. The van der Waals surface area contributed by atoms with Gasteiger partial charge in [-0.1, -0.05) is 6.92 Å². The fourth-order valence-corrected chi connectivity index (χ4v) is 1.75. The van der Waals surface area contributed by atoms with Gasteiger partial charge in [0.2, 0.25) is 5.82 Å². The Labute approximate surface area is 106 Å². The largest absolute Gasteiger partial charge is 0.394 e. The lowest BCUT2D eigenvalue weighted by Crippen LogP contribution is -2.45. The molecule has 1 heterocycles. The lowest BCUT2D eigenvalue weighted by atomic mass is 10.1. The minimum absolute atomic E-state index is 0.0176. The zero-order valence-corrected chi connectivity index (χ0v) is 11.5. The van der Waals surface area contributed by atoms with Crippen molar-refractivity contribution in [2.45, 2.75) is 32.7 Å². The Kier molecular flexibility index (Phi) is 3.95. The van der Waals surface area contributed by atoms with E-state index in [1.54, 1.807) is 19.0 Å². The molecule has 0 bridgehead atoms. The maximum absolute atomic E-state index is 11.2. The Morgan fingerprint density at radius 2 is 2.11 bits per heavy atom. The Morgan fingerprint density at radius 1 is 1.56 bits per heavy atom. The molecule has 0 radical (unpaired) electrons. The van der Waals surface area contributed by atoms with Crippen molar-refractivity contribution < 1.29 is 10.0 Å². The molecule has 1 aromatic heterocycles. The molecule has 1 N–H and O–H groups in total. The van der Waals surface area contributed by atoms with Gasteiger partial charge >= 0.3 is 5.69 Å². The number of anilines is 1. The van der Waals surface area contributed by atoms with Crippen molar-refractivity contribution in [2.75, 3.05) is 18.6 Å². The minimum atomic E-state index is -0.594. The first kappa shape index (κ1) is 14.4. The second-order valence-electron chi connectivity index (χ2n) is 4.88. The number of aromatic nitrogens is 2. The van der Waals surface area contributed by atoms with E-state index in [9.17, 15) is 15.2 Å². The Morgan fingerprint density at radius 3 is 2.50 bits per heavy atom. The first-order valence-corrected chi connectivity index (χ1v) is 5.81. The molecule has 7 nitrogen and oxygen atoms in total. The molecule has 0 fully saturated rings. The lowest BCUT2D eigenvalue weighted by Gasteiger charge is -2.34. The van der Waals surface area contributed by atoms with E-state index in [4.69, 9.17) is 0 Å². The summed E-state index contributed by atoms with van der Waals surface area (Å²) < 4.78 is 1.49. The first-order chi connectivity index (χ1) is 8.26. The van der Waals surface area contributed by atoms with Crippen LogP contribution in [0.3, 0.4) is 0 Å². The molecular weight excluding hydrogens is 236 g/mol. The van der Waals surface area contributed by atoms with Crippen molar-refractivity contribution in [3.63, 3.8) is 0 Å². The van der Waals surface area contributed by atoms with Gasteiger partial charge in [-0.3, -0.25) is 10.1 Å². The van der Waals surface area contributed by atoms with Crippen molar-refractivity contribution in [1.29, 1.82) is 0 Å². The van der Waals surface area contributed by atoms with Gasteiger partial charge in [0.15, 0.2) is 0 Å². The molecule has 0 saturated carbocycles. The molecule has 0 aliphatic heterocycles. The highest BCUT2D eigenvalue weighted by Crippen LogP contribution is 2.34. The van der Waals surface area contributed by atoms with Crippen molar-refractivity contribution in [3.8, 4) is 0 Å². The van der Waals surface area contributed by atoms with Gasteiger partial charge in [0.1, 0.15) is 5.69 Å². The van der Waals surface area contributed by atoms with E-state index in [-0.39, 0.29) is 12.3 Å². The average molecular weight is 256 g/mol. The van der Waals surface area contributed by atoms with Crippen LogP contribution in [0.25, 0.3) is 0 Å². The number of rotatable bonds is 5. The van der Waals surface area contributed by atoms with Gasteiger partial charge in [0, 0.05) is 14.1 Å². The monoisotopic (exact) mass is 256 g/mol. The molecule has 0 amide bonds. The molecule has 18 heavy (non-hydrogen) atoms. The van der Waals surface area contributed by atoms with Gasteiger partial charge in [-0.2, -0.15) is 5.10 Å². The summed E-state index contributed by atoms with van der Waals surface area (Å²) in [4.78, 5) is 12.5. The molecule has 0 aliphatic rings. The highest BCUT2D eigenvalue weighted by molar-refractivity contribution is 5.62. The summed E-state index contributed by atoms with van der Waals surface area (Å²) in [5.74, 6) is 0.413. The van der Waals surface area contributed by atoms with Crippen molar-refractivity contribution in [2.24, 2.45) is 7.05 Å². The van der Waals surface area contributed by atoms with Crippen LogP contribution in [-0.4, -0.2) is 39.0 Å². The molecule has 0 atom stereocenters. The Balaban J connectivity index is 3.40. The van der Waals surface area contributed by atoms with Crippen molar-refractivity contribution in [1.82, 2.24) is 9.78 Å². The van der Waals surface area contributed by atoms with E-state index in [0.29, 0.717) is 17.9 Å². The zero-order valence-electron chi connectivity index (χ0n) is 11.5. The summed E-state index contributed by atoms with van der Waals surface area (Å²) in [6.45, 7) is 5.36. The third-order valence-electron chi connectivity index (χ3n) is 3.19. The number of nitrogens with zero attached hydrogens (tertiary/aromatic N) is 4. The summed E-state index contributed by atoms with van der Waals surface area (Å²) >= 11 is 0. The van der Waals surface area contributed by atoms with Crippen LogP contribution >= 0.6 is 0 Å². The number of likely N-dealkylation sites (N-methyl/N-ethyl adjacent to an activating group) is 1. The van der Waals surface area contributed by atoms with E-state index in [0.717, 1.165) is 0 Å².